The van der Waals surface area contributed by atoms with Crippen molar-refractivity contribution >= 4 is 35.2 Å². The molecule has 5 aliphatic rings. The summed E-state index contributed by atoms with van der Waals surface area (Å²) in [7, 11) is 1.71. The van der Waals surface area contributed by atoms with Crippen LogP contribution in [0.15, 0.2) is 0 Å². The van der Waals surface area contributed by atoms with Crippen LogP contribution in [0.2, 0.25) is 0 Å². The van der Waals surface area contributed by atoms with Gasteiger partial charge in [0.2, 0.25) is 11.8 Å². The summed E-state index contributed by atoms with van der Waals surface area (Å²) < 4.78 is 43.4. The standard InChI is InChI=1S/C24H38ClF3N6O3S/c1-12-3-14(15-4-20(25)30-6-18(15)37-2)16(5-29-12)21(35)32-23-31-17-9-34(10-19(17)38-23)22(36)13-7-33(8-13)11-24(26,27)28/h12-20,23,29-31H,3-11H2,1-2H3,(H,32,35). The van der Waals surface area contributed by atoms with Gasteiger partial charge in [-0.25, -0.2) is 0 Å². The summed E-state index contributed by atoms with van der Waals surface area (Å²) in [6.45, 7) is 3.80. The minimum Gasteiger partial charge on any atom is -0.380 e. The normalized spacial score (nSPS) is 40.6. The first-order valence-electron chi connectivity index (χ1n) is 13.4. The average Bonchev–Trinajstić information content (AvgIpc) is 3.38. The largest absolute Gasteiger partial charge is 0.401 e. The fourth-order valence-electron chi connectivity index (χ4n) is 6.81. The molecule has 4 N–H and O–H groups in total. The molecular formula is C24H38ClF3N6O3S. The summed E-state index contributed by atoms with van der Waals surface area (Å²) in [6.07, 6.45) is -2.60. The van der Waals surface area contributed by atoms with Gasteiger partial charge in [-0.2, -0.15) is 13.2 Å². The third-order valence-corrected chi connectivity index (χ3v) is 10.4. The van der Waals surface area contributed by atoms with E-state index in [1.54, 1.807) is 23.8 Å². The molecule has 38 heavy (non-hydrogen) atoms. The van der Waals surface area contributed by atoms with E-state index in [0.29, 0.717) is 32.2 Å². The molecule has 5 rings (SSSR count). The van der Waals surface area contributed by atoms with Crippen molar-refractivity contribution in [3.8, 4) is 0 Å². The maximum Gasteiger partial charge on any atom is 0.401 e. The Hall–Kier alpha value is -0.830. The van der Waals surface area contributed by atoms with Crippen molar-refractivity contribution in [1.82, 2.24) is 31.1 Å². The number of hydrogen-bond donors (Lipinski definition) is 4. The molecule has 5 saturated heterocycles. The molecule has 14 heteroatoms. The number of amides is 2. The molecule has 0 aromatic heterocycles. The zero-order valence-corrected chi connectivity index (χ0v) is 23.2. The fraction of sp³-hybridized carbons (Fsp3) is 0.917. The zero-order chi connectivity index (χ0) is 27.2. The van der Waals surface area contributed by atoms with Crippen LogP contribution in [-0.4, -0.2) is 115 Å². The molecule has 0 aliphatic carbocycles. The van der Waals surface area contributed by atoms with Gasteiger partial charge in [0.05, 0.1) is 30.0 Å². The van der Waals surface area contributed by atoms with E-state index in [2.05, 4.69) is 28.2 Å². The Morgan fingerprint density at radius 1 is 1.11 bits per heavy atom. The van der Waals surface area contributed by atoms with Gasteiger partial charge in [-0.05, 0) is 31.6 Å². The van der Waals surface area contributed by atoms with Gasteiger partial charge in [0.25, 0.3) is 0 Å². The summed E-state index contributed by atoms with van der Waals surface area (Å²) in [4.78, 5) is 29.3. The number of carbonyl (C=O) groups is 2. The number of piperidine rings is 2. The number of alkyl halides is 4. The highest BCUT2D eigenvalue weighted by molar-refractivity contribution is 8.00. The molecule has 9 atom stereocenters. The van der Waals surface area contributed by atoms with Crippen LogP contribution in [0, 0.1) is 23.7 Å². The first-order chi connectivity index (χ1) is 18.0. The number of halogens is 4. The van der Waals surface area contributed by atoms with Gasteiger partial charge in [-0.1, -0.05) is 0 Å². The highest BCUT2D eigenvalue weighted by atomic mass is 35.5. The van der Waals surface area contributed by atoms with Gasteiger partial charge in [0.15, 0.2) is 0 Å². The molecule has 0 radical (unpaired) electrons. The van der Waals surface area contributed by atoms with E-state index in [1.165, 1.54) is 4.90 Å². The van der Waals surface area contributed by atoms with E-state index in [4.69, 9.17) is 16.3 Å². The van der Waals surface area contributed by atoms with Gasteiger partial charge in [-0.15, -0.1) is 23.4 Å². The van der Waals surface area contributed by atoms with Crippen LogP contribution in [-0.2, 0) is 14.3 Å². The molecule has 216 valence electrons. The van der Waals surface area contributed by atoms with E-state index in [0.717, 1.165) is 12.8 Å². The lowest BCUT2D eigenvalue weighted by Gasteiger charge is -2.45. The average molecular weight is 583 g/mol. The highest BCUT2D eigenvalue weighted by Crippen LogP contribution is 2.39. The van der Waals surface area contributed by atoms with Crippen molar-refractivity contribution < 1.29 is 27.5 Å². The van der Waals surface area contributed by atoms with Crippen molar-refractivity contribution in [2.75, 3.05) is 52.9 Å². The predicted molar refractivity (Wildman–Crippen MR) is 138 cm³/mol. The Kier molecular flexibility index (Phi) is 8.74. The van der Waals surface area contributed by atoms with Crippen molar-refractivity contribution in [3.63, 3.8) is 0 Å². The molecule has 5 fully saturated rings. The lowest BCUT2D eigenvalue weighted by atomic mass is 9.70. The van der Waals surface area contributed by atoms with Crippen LogP contribution in [0.5, 0.6) is 0 Å². The third-order valence-electron chi connectivity index (χ3n) is 8.75. The lowest BCUT2D eigenvalue weighted by Crippen LogP contribution is -2.58. The predicted octanol–water partition coefficient (Wildman–Crippen LogP) is 0.600. The zero-order valence-electron chi connectivity index (χ0n) is 21.7. The van der Waals surface area contributed by atoms with Gasteiger partial charge < -0.3 is 20.3 Å². The van der Waals surface area contributed by atoms with Gasteiger partial charge in [0.1, 0.15) is 5.50 Å². The Morgan fingerprint density at radius 2 is 1.87 bits per heavy atom. The lowest BCUT2D eigenvalue weighted by molar-refractivity contribution is -0.166. The van der Waals surface area contributed by atoms with E-state index in [1.807, 2.05) is 0 Å². The smallest absolute Gasteiger partial charge is 0.380 e. The number of thioether (sulfide) groups is 1. The van der Waals surface area contributed by atoms with Crippen LogP contribution in [0.3, 0.4) is 0 Å². The van der Waals surface area contributed by atoms with E-state index < -0.39 is 12.7 Å². The first-order valence-corrected chi connectivity index (χ1v) is 14.8. The number of rotatable bonds is 6. The molecular weight excluding hydrogens is 545 g/mol. The Labute approximate surface area is 230 Å². The Bertz CT molecular complexity index is 870. The molecule has 0 spiro atoms. The fourth-order valence-corrected chi connectivity index (χ4v) is 8.52. The molecule has 2 amide bonds. The number of carbonyl (C=O) groups excluding carboxylic acids is 2. The van der Waals surface area contributed by atoms with Crippen molar-refractivity contribution in [1.29, 1.82) is 0 Å². The van der Waals surface area contributed by atoms with Gasteiger partial charge in [0, 0.05) is 63.7 Å². The second-order valence-corrected chi connectivity index (χ2v) is 13.3. The van der Waals surface area contributed by atoms with Crippen molar-refractivity contribution in [3.05, 3.63) is 0 Å². The van der Waals surface area contributed by atoms with Crippen LogP contribution >= 0.6 is 23.4 Å². The molecule has 9 unspecified atom stereocenters. The van der Waals surface area contributed by atoms with E-state index in [-0.39, 0.29) is 77.0 Å². The van der Waals surface area contributed by atoms with Gasteiger partial charge in [-0.3, -0.25) is 25.1 Å². The summed E-state index contributed by atoms with van der Waals surface area (Å²) >= 11 is 8.05. The van der Waals surface area contributed by atoms with Crippen molar-refractivity contribution in [2.24, 2.45) is 23.7 Å². The summed E-state index contributed by atoms with van der Waals surface area (Å²) in [5, 5.41) is 13.5. The SMILES string of the molecule is COC1CNC(Cl)CC1C1CC(C)NCC1C(=O)NC1NC2CN(C(=O)C3CN(CC(F)(F)F)C3)CC2S1. The quantitative estimate of drug-likeness (QED) is 0.267. The molecule has 0 aromatic carbocycles. The van der Waals surface area contributed by atoms with Crippen LogP contribution in [0.1, 0.15) is 19.8 Å². The Morgan fingerprint density at radius 3 is 2.55 bits per heavy atom. The molecule has 0 saturated carbocycles. The number of nitrogens with one attached hydrogen (secondary N) is 4. The molecule has 5 heterocycles. The third kappa shape index (κ3) is 6.39. The number of methoxy groups -OCH3 is 1. The highest BCUT2D eigenvalue weighted by Gasteiger charge is 2.48. The topological polar surface area (TPSA) is 98.0 Å². The summed E-state index contributed by atoms with van der Waals surface area (Å²) in [6, 6.07) is 0.350. The monoisotopic (exact) mass is 582 g/mol. The number of fused-ring (bicyclic) bond motifs is 1. The summed E-state index contributed by atoms with van der Waals surface area (Å²) in [5.74, 6) is -0.295. The number of nitrogens with zero attached hydrogens (tertiary/aromatic N) is 2. The number of ether oxygens (including phenoxy) is 1. The van der Waals surface area contributed by atoms with Crippen LogP contribution in [0.4, 0.5) is 13.2 Å². The number of likely N-dealkylation sites (tertiary alicyclic amines) is 2. The van der Waals surface area contributed by atoms with Crippen LogP contribution in [0.25, 0.3) is 0 Å². The number of hydrogen-bond acceptors (Lipinski definition) is 8. The molecule has 0 aromatic rings. The first kappa shape index (κ1) is 28.7. The summed E-state index contributed by atoms with van der Waals surface area (Å²) in [5.41, 5.74) is -0.377. The molecule has 9 nitrogen and oxygen atoms in total. The van der Waals surface area contributed by atoms with Crippen LogP contribution < -0.4 is 21.3 Å². The van der Waals surface area contributed by atoms with E-state index in [9.17, 15) is 22.8 Å². The minimum atomic E-state index is -4.24. The maximum absolute atomic E-state index is 13.5. The second-order valence-electron chi connectivity index (χ2n) is 11.5. The Balaban J connectivity index is 1.12. The second kappa shape index (κ2) is 11.6. The molecule has 5 aliphatic heterocycles. The van der Waals surface area contributed by atoms with Gasteiger partial charge >= 0.3 is 6.18 Å². The van der Waals surface area contributed by atoms with E-state index >= 15 is 0 Å². The van der Waals surface area contributed by atoms with Crippen molar-refractivity contribution in [2.45, 2.75) is 60.4 Å². The molecule has 0 bridgehead atoms. The minimum absolute atomic E-state index is 0.00559. The maximum atomic E-state index is 13.5.